The van der Waals surface area contributed by atoms with Gasteiger partial charge in [-0.2, -0.15) is 0 Å². The first-order valence-electron chi connectivity index (χ1n) is 6.11. The van der Waals surface area contributed by atoms with Gasteiger partial charge in [-0.15, -0.1) is 0 Å². The van der Waals surface area contributed by atoms with Crippen molar-refractivity contribution in [3.63, 3.8) is 0 Å². The molecule has 1 aliphatic rings. The number of anilines is 1. The number of nitrogens with one attached hydrogen (secondary N) is 1. The zero-order chi connectivity index (χ0) is 13.4. The second-order valence-electron chi connectivity index (χ2n) is 4.59. The van der Waals surface area contributed by atoms with Crippen LogP contribution >= 0.6 is 0 Å². The molecule has 1 aliphatic heterocycles. The molecule has 0 aliphatic carbocycles. The van der Waals surface area contributed by atoms with Gasteiger partial charge in [-0.05, 0) is 29.7 Å². The average molecular weight is 263 g/mol. The van der Waals surface area contributed by atoms with Crippen molar-refractivity contribution in [2.45, 2.75) is 12.6 Å². The SMILES string of the molecule is Fc1ccc(C(F)c2cccc3c2NCC3)cc1F. The largest absolute Gasteiger partial charge is 0.384 e. The van der Waals surface area contributed by atoms with Gasteiger partial charge in [0.1, 0.15) is 0 Å². The van der Waals surface area contributed by atoms with E-state index in [0.29, 0.717) is 5.56 Å². The summed E-state index contributed by atoms with van der Waals surface area (Å²) in [5.74, 6) is -1.99. The van der Waals surface area contributed by atoms with E-state index < -0.39 is 17.8 Å². The molecule has 0 aromatic heterocycles. The molecule has 0 saturated heterocycles. The number of hydrogen-bond acceptors (Lipinski definition) is 1. The van der Waals surface area contributed by atoms with Crippen molar-refractivity contribution in [2.75, 3.05) is 11.9 Å². The smallest absolute Gasteiger partial charge is 0.159 e. The molecule has 0 saturated carbocycles. The summed E-state index contributed by atoms with van der Waals surface area (Å²) in [6.45, 7) is 0.775. The Morgan fingerprint density at radius 3 is 2.68 bits per heavy atom. The summed E-state index contributed by atoms with van der Waals surface area (Å²) in [5.41, 5.74) is 2.43. The van der Waals surface area contributed by atoms with Crippen molar-refractivity contribution >= 4 is 5.69 Å². The highest BCUT2D eigenvalue weighted by atomic mass is 19.2. The van der Waals surface area contributed by atoms with Gasteiger partial charge in [-0.25, -0.2) is 13.2 Å². The standard InChI is InChI=1S/C15H12F3N/c16-12-5-4-10(8-13(12)17)14(18)11-3-1-2-9-6-7-19-15(9)11/h1-5,8,14,19H,6-7H2. The first kappa shape index (κ1) is 12.1. The van der Waals surface area contributed by atoms with E-state index in [0.717, 1.165) is 36.3 Å². The maximum atomic E-state index is 14.5. The predicted octanol–water partition coefficient (Wildman–Crippen LogP) is 3.99. The fourth-order valence-corrected chi connectivity index (χ4v) is 2.43. The average Bonchev–Trinajstić information content (AvgIpc) is 2.89. The van der Waals surface area contributed by atoms with Gasteiger partial charge in [0.05, 0.1) is 0 Å². The summed E-state index contributed by atoms with van der Waals surface area (Å²) in [6, 6.07) is 8.53. The van der Waals surface area contributed by atoms with Crippen LogP contribution in [0.2, 0.25) is 0 Å². The zero-order valence-corrected chi connectivity index (χ0v) is 10.1. The second-order valence-corrected chi connectivity index (χ2v) is 4.59. The molecule has 0 bridgehead atoms. The Morgan fingerprint density at radius 1 is 1.05 bits per heavy atom. The highest BCUT2D eigenvalue weighted by molar-refractivity contribution is 5.63. The van der Waals surface area contributed by atoms with Crippen molar-refractivity contribution in [3.8, 4) is 0 Å². The summed E-state index contributed by atoms with van der Waals surface area (Å²) in [4.78, 5) is 0. The van der Waals surface area contributed by atoms with Gasteiger partial charge in [0.25, 0.3) is 0 Å². The first-order valence-corrected chi connectivity index (χ1v) is 6.11. The molecule has 2 aromatic rings. The van der Waals surface area contributed by atoms with Gasteiger partial charge in [0, 0.05) is 17.8 Å². The fourth-order valence-electron chi connectivity index (χ4n) is 2.43. The molecule has 0 fully saturated rings. The van der Waals surface area contributed by atoms with Crippen LogP contribution in [0.25, 0.3) is 0 Å². The quantitative estimate of drug-likeness (QED) is 0.863. The van der Waals surface area contributed by atoms with E-state index in [1.165, 1.54) is 6.07 Å². The summed E-state index contributed by atoms with van der Waals surface area (Å²) in [6.07, 6.45) is -0.608. The lowest BCUT2D eigenvalue weighted by atomic mass is 9.98. The summed E-state index contributed by atoms with van der Waals surface area (Å²) in [7, 11) is 0. The highest BCUT2D eigenvalue weighted by Crippen LogP contribution is 2.36. The summed E-state index contributed by atoms with van der Waals surface area (Å²) in [5, 5.41) is 3.14. The minimum atomic E-state index is -1.46. The molecule has 0 radical (unpaired) electrons. The van der Waals surface area contributed by atoms with E-state index in [4.69, 9.17) is 0 Å². The van der Waals surface area contributed by atoms with Crippen LogP contribution in [-0.4, -0.2) is 6.54 Å². The Labute approximate surface area is 109 Å². The molecule has 98 valence electrons. The monoisotopic (exact) mass is 263 g/mol. The summed E-state index contributed by atoms with van der Waals surface area (Å²) < 4.78 is 40.6. The van der Waals surface area contributed by atoms with E-state index in [9.17, 15) is 13.2 Å². The maximum Gasteiger partial charge on any atom is 0.159 e. The van der Waals surface area contributed by atoms with Crippen LogP contribution in [0, 0.1) is 11.6 Å². The molecule has 1 unspecified atom stereocenters. The van der Waals surface area contributed by atoms with Gasteiger partial charge in [0.15, 0.2) is 17.8 Å². The van der Waals surface area contributed by atoms with Crippen molar-refractivity contribution < 1.29 is 13.2 Å². The molecule has 1 atom stereocenters. The lowest BCUT2D eigenvalue weighted by molar-refractivity contribution is 0.399. The van der Waals surface area contributed by atoms with Gasteiger partial charge in [-0.3, -0.25) is 0 Å². The molecule has 0 spiro atoms. The van der Waals surface area contributed by atoms with Gasteiger partial charge >= 0.3 is 0 Å². The normalized spacial score (nSPS) is 14.9. The molecule has 3 rings (SSSR count). The van der Waals surface area contributed by atoms with Crippen LogP contribution in [0.4, 0.5) is 18.9 Å². The Morgan fingerprint density at radius 2 is 1.89 bits per heavy atom. The van der Waals surface area contributed by atoms with Gasteiger partial charge in [0.2, 0.25) is 0 Å². The van der Waals surface area contributed by atoms with E-state index in [1.807, 2.05) is 6.07 Å². The number of para-hydroxylation sites is 1. The molecule has 2 aromatic carbocycles. The maximum absolute atomic E-state index is 14.5. The van der Waals surface area contributed by atoms with Crippen LogP contribution in [0.1, 0.15) is 22.9 Å². The molecule has 19 heavy (non-hydrogen) atoms. The highest BCUT2D eigenvalue weighted by Gasteiger charge is 2.22. The second kappa shape index (κ2) is 4.61. The van der Waals surface area contributed by atoms with Crippen LogP contribution in [0.15, 0.2) is 36.4 Å². The molecule has 1 nitrogen and oxygen atoms in total. The van der Waals surface area contributed by atoms with Crippen LogP contribution < -0.4 is 5.32 Å². The minimum Gasteiger partial charge on any atom is -0.384 e. The topological polar surface area (TPSA) is 12.0 Å². The summed E-state index contributed by atoms with van der Waals surface area (Å²) >= 11 is 0. The van der Waals surface area contributed by atoms with Gasteiger partial charge < -0.3 is 5.32 Å². The van der Waals surface area contributed by atoms with Crippen LogP contribution in [0.5, 0.6) is 0 Å². The predicted molar refractivity (Wildman–Crippen MR) is 67.9 cm³/mol. The number of alkyl halides is 1. The third-order valence-electron chi connectivity index (χ3n) is 3.39. The Kier molecular flexibility index (Phi) is 2.93. The number of hydrogen-bond donors (Lipinski definition) is 1. The molecule has 0 amide bonds. The lowest BCUT2D eigenvalue weighted by Gasteiger charge is -2.14. The molecular formula is C15H12F3N. The Bertz CT molecular complexity index is 625. The molecular weight excluding hydrogens is 251 g/mol. The lowest BCUT2D eigenvalue weighted by Crippen LogP contribution is -2.01. The number of fused-ring (bicyclic) bond motifs is 1. The third kappa shape index (κ3) is 2.07. The van der Waals surface area contributed by atoms with Crippen molar-refractivity contribution in [2.24, 2.45) is 0 Å². The number of benzene rings is 2. The molecule has 4 heteroatoms. The zero-order valence-electron chi connectivity index (χ0n) is 10.1. The van der Waals surface area contributed by atoms with E-state index in [2.05, 4.69) is 5.32 Å². The van der Waals surface area contributed by atoms with Crippen molar-refractivity contribution in [1.82, 2.24) is 0 Å². The fraction of sp³-hybridized carbons (Fsp3) is 0.200. The van der Waals surface area contributed by atoms with Crippen molar-refractivity contribution in [1.29, 1.82) is 0 Å². The van der Waals surface area contributed by atoms with E-state index in [1.54, 1.807) is 12.1 Å². The minimum absolute atomic E-state index is 0.126. The van der Waals surface area contributed by atoms with Gasteiger partial charge in [-0.1, -0.05) is 24.3 Å². The molecule has 1 N–H and O–H groups in total. The van der Waals surface area contributed by atoms with Crippen LogP contribution in [0.3, 0.4) is 0 Å². The number of halogens is 3. The Hall–Kier alpha value is -1.97. The van der Waals surface area contributed by atoms with E-state index in [-0.39, 0.29) is 5.56 Å². The Balaban J connectivity index is 2.02. The number of rotatable bonds is 2. The van der Waals surface area contributed by atoms with Crippen molar-refractivity contribution in [3.05, 3.63) is 64.7 Å². The molecule has 1 heterocycles. The third-order valence-corrected chi connectivity index (χ3v) is 3.39. The van der Waals surface area contributed by atoms with E-state index >= 15 is 0 Å². The van der Waals surface area contributed by atoms with Crippen LogP contribution in [-0.2, 0) is 6.42 Å². The first-order chi connectivity index (χ1) is 9.16.